The normalized spacial score (nSPS) is 21.6. The molecule has 4 rings (SSSR count). The van der Waals surface area contributed by atoms with Crippen molar-refractivity contribution in [3.05, 3.63) is 40.2 Å². The van der Waals surface area contributed by atoms with Gasteiger partial charge in [-0.15, -0.1) is 0 Å². The lowest BCUT2D eigenvalue weighted by Gasteiger charge is -2.27. The van der Waals surface area contributed by atoms with E-state index < -0.39 is 17.1 Å². The quantitative estimate of drug-likeness (QED) is 0.670. The molecule has 2 heterocycles. The van der Waals surface area contributed by atoms with E-state index in [1.54, 1.807) is 12.1 Å². The van der Waals surface area contributed by atoms with Gasteiger partial charge in [0.25, 0.3) is 0 Å². The molecule has 1 aliphatic heterocycles. The number of rotatable bonds is 2. The zero-order valence-electron chi connectivity index (χ0n) is 14.0. The van der Waals surface area contributed by atoms with Crippen molar-refractivity contribution in [1.82, 2.24) is 0 Å². The molecule has 130 valence electrons. The fraction of sp³-hybridized carbons (Fsp3) is 0.421. The molecular weight excluding hydrogens is 322 g/mol. The van der Waals surface area contributed by atoms with Crippen LogP contribution in [0.4, 0.5) is 5.69 Å². The van der Waals surface area contributed by atoms with Crippen LogP contribution in [0.2, 0.25) is 0 Å². The molecule has 6 heteroatoms. The molecule has 1 N–H and O–H groups in total. The first kappa shape index (κ1) is 15.9. The van der Waals surface area contributed by atoms with E-state index in [1.807, 2.05) is 13.0 Å². The van der Waals surface area contributed by atoms with Crippen molar-refractivity contribution in [1.29, 1.82) is 0 Å². The number of carbonyl (C=O) groups excluding carboxylic acids is 2. The number of benzene rings is 1. The number of fused-ring (bicyclic) bond motifs is 1. The van der Waals surface area contributed by atoms with Gasteiger partial charge < -0.3 is 14.5 Å². The molecule has 0 bridgehead atoms. The Morgan fingerprint density at radius 3 is 2.72 bits per heavy atom. The monoisotopic (exact) mass is 341 g/mol. The Bertz CT molecular complexity index is 923. The van der Waals surface area contributed by atoms with E-state index in [1.165, 1.54) is 6.07 Å². The Labute approximate surface area is 144 Å². The van der Waals surface area contributed by atoms with Crippen LogP contribution in [0.5, 0.6) is 0 Å². The van der Waals surface area contributed by atoms with E-state index in [9.17, 15) is 14.4 Å². The maximum atomic E-state index is 12.8. The van der Waals surface area contributed by atoms with Gasteiger partial charge in [-0.25, -0.2) is 4.79 Å². The van der Waals surface area contributed by atoms with E-state index >= 15 is 0 Å². The summed E-state index contributed by atoms with van der Waals surface area (Å²) in [6.45, 7) is 1.84. The number of amides is 1. The van der Waals surface area contributed by atoms with Gasteiger partial charge >= 0.3 is 11.6 Å². The molecule has 1 aromatic carbocycles. The Kier molecular flexibility index (Phi) is 3.63. The average Bonchev–Trinajstić information content (AvgIpc) is 3.14. The summed E-state index contributed by atoms with van der Waals surface area (Å²) in [6.07, 6.45) is 3.54. The van der Waals surface area contributed by atoms with Crippen molar-refractivity contribution < 1.29 is 18.7 Å². The topological polar surface area (TPSA) is 85.6 Å². The number of nitrogens with one attached hydrogen (secondary N) is 1. The van der Waals surface area contributed by atoms with Crippen molar-refractivity contribution in [2.75, 3.05) is 5.32 Å². The lowest BCUT2D eigenvalue weighted by atomic mass is 9.85. The number of carbonyl (C=O) groups is 2. The third-order valence-corrected chi connectivity index (χ3v) is 5.31. The molecule has 6 nitrogen and oxygen atoms in total. The van der Waals surface area contributed by atoms with Crippen LogP contribution in [0.15, 0.2) is 33.5 Å². The van der Waals surface area contributed by atoms with Gasteiger partial charge in [0.2, 0.25) is 5.91 Å². The van der Waals surface area contributed by atoms with Gasteiger partial charge in [0.15, 0.2) is 0 Å². The summed E-state index contributed by atoms with van der Waals surface area (Å²) in [5.41, 5.74) is 0.731. The number of esters is 1. The largest absolute Gasteiger partial charge is 0.458 e. The Morgan fingerprint density at radius 1 is 1.20 bits per heavy atom. The lowest BCUT2D eigenvalue weighted by Crippen LogP contribution is -2.39. The van der Waals surface area contributed by atoms with Crippen molar-refractivity contribution in [2.45, 2.75) is 44.6 Å². The number of hydrogen-bond acceptors (Lipinski definition) is 5. The molecule has 2 aromatic rings. The summed E-state index contributed by atoms with van der Waals surface area (Å²) >= 11 is 0. The van der Waals surface area contributed by atoms with Crippen molar-refractivity contribution in [2.24, 2.45) is 5.92 Å². The minimum absolute atomic E-state index is 0.119. The first-order valence-corrected chi connectivity index (χ1v) is 8.54. The standard InChI is InChI=1S/C19H19NO5/c1-11-8-16(21)24-15-9-12(4-5-13(11)15)20-18(23)14-10-17(22)25-19(14)6-2-3-7-19/h4-5,8-9,14H,2-3,6-7,10H2,1H3,(H,20,23). The molecule has 1 aliphatic carbocycles. The molecule has 1 atom stereocenters. The van der Waals surface area contributed by atoms with E-state index in [4.69, 9.17) is 9.15 Å². The molecule has 2 fully saturated rings. The van der Waals surface area contributed by atoms with Crippen LogP contribution < -0.4 is 10.9 Å². The predicted octanol–water partition coefficient (Wildman–Crippen LogP) is 2.92. The van der Waals surface area contributed by atoms with Crippen LogP contribution in [-0.4, -0.2) is 17.5 Å². The smallest absolute Gasteiger partial charge is 0.336 e. The molecule has 2 aliphatic rings. The molecule has 1 unspecified atom stereocenters. The highest BCUT2D eigenvalue weighted by Crippen LogP contribution is 2.45. The van der Waals surface area contributed by atoms with E-state index in [2.05, 4.69) is 5.32 Å². The van der Waals surface area contributed by atoms with E-state index in [0.29, 0.717) is 11.3 Å². The minimum atomic E-state index is -0.638. The van der Waals surface area contributed by atoms with Crippen LogP contribution >= 0.6 is 0 Å². The maximum Gasteiger partial charge on any atom is 0.336 e. The predicted molar refractivity (Wildman–Crippen MR) is 91.2 cm³/mol. The number of anilines is 1. The SMILES string of the molecule is Cc1cc(=O)oc2cc(NC(=O)C3CC(=O)OC34CCCC4)ccc12. The second-order valence-corrected chi connectivity index (χ2v) is 6.95. The summed E-state index contributed by atoms with van der Waals surface area (Å²) in [6, 6.07) is 6.66. The number of aryl methyl sites for hydroxylation is 1. The third kappa shape index (κ3) is 2.71. The number of hydrogen-bond donors (Lipinski definition) is 1. The second kappa shape index (κ2) is 5.72. The molecule has 25 heavy (non-hydrogen) atoms. The first-order valence-electron chi connectivity index (χ1n) is 8.54. The van der Waals surface area contributed by atoms with Crippen LogP contribution in [-0.2, 0) is 14.3 Å². The molecule has 1 saturated heterocycles. The van der Waals surface area contributed by atoms with Gasteiger partial charge in [-0.2, -0.15) is 0 Å². The van der Waals surface area contributed by atoms with E-state index in [-0.39, 0.29) is 18.3 Å². The molecule has 1 amide bonds. The van der Waals surface area contributed by atoms with Crippen molar-refractivity contribution in [3.63, 3.8) is 0 Å². The summed E-state index contributed by atoms with van der Waals surface area (Å²) in [4.78, 5) is 36.1. The van der Waals surface area contributed by atoms with Crippen molar-refractivity contribution >= 4 is 28.5 Å². The highest BCUT2D eigenvalue weighted by Gasteiger charge is 2.53. The Hall–Kier alpha value is -2.63. The van der Waals surface area contributed by atoms with Crippen LogP contribution in [0.1, 0.15) is 37.7 Å². The Morgan fingerprint density at radius 2 is 1.96 bits per heavy atom. The highest BCUT2D eigenvalue weighted by molar-refractivity contribution is 5.98. The second-order valence-electron chi connectivity index (χ2n) is 6.95. The number of ether oxygens (including phenoxy) is 1. The van der Waals surface area contributed by atoms with Gasteiger partial charge in [-0.1, -0.05) is 0 Å². The summed E-state index contributed by atoms with van der Waals surface area (Å²) in [5.74, 6) is -0.994. The fourth-order valence-corrected chi connectivity index (χ4v) is 4.08. The van der Waals surface area contributed by atoms with Gasteiger partial charge in [-0.05, 0) is 50.3 Å². The summed E-state index contributed by atoms with van der Waals surface area (Å²) < 4.78 is 10.7. The van der Waals surface area contributed by atoms with Gasteiger partial charge in [0, 0.05) is 23.2 Å². The highest BCUT2D eigenvalue weighted by atomic mass is 16.6. The molecule has 1 aromatic heterocycles. The summed E-state index contributed by atoms with van der Waals surface area (Å²) in [5, 5.41) is 3.68. The molecule has 0 radical (unpaired) electrons. The van der Waals surface area contributed by atoms with Crippen molar-refractivity contribution in [3.8, 4) is 0 Å². The van der Waals surface area contributed by atoms with Crippen LogP contribution in [0.3, 0.4) is 0 Å². The zero-order valence-corrected chi connectivity index (χ0v) is 14.0. The van der Waals surface area contributed by atoms with Gasteiger partial charge in [-0.3, -0.25) is 9.59 Å². The molecular formula is C19H19NO5. The molecule has 1 saturated carbocycles. The average molecular weight is 341 g/mol. The van der Waals surface area contributed by atoms with Gasteiger partial charge in [0.1, 0.15) is 11.2 Å². The zero-order chi connectivity index (χ0) is 17.6. The fourth-order valence-electron chi connectivity index (χ4n) is 4.08. The van der Waals surface area contributed by atoms with Crippen LogP contribution in [0, 0.1) is 12.8 Å². The first-order chi connectivity index (χ1) is 12.0. The maximum absolute atomic E-state index is 12.8. The third-order valence-electron chi connectivity index (χ3n) is 5.31. The lowest BCUT2D eigenvalue weighted by molar-refractivity contribution is -0.149. The minimum Gasteiger partial charge on any atom is -0.458 e. The van der Waals surface area contributed by atoms with Crippen LogP contribution in [0.25, 0.3) is 11.0 Å². The molecule has 1 spiro atoms. The van der Waals surface area contributed by atoms with Gasteiger partial charge in [0.05, 0.1) is 12.3 Å². The Balaban J connectivity index is 1.61. The summed E-state index contributed by atoms with van der Waals surface area (Å²) in [7, 11) is 0. The van der Waals surface area contributed by atoms with E-state index in [0.717, 1.165) is 36.6 Å².